The van der Waals surface area contributed by atoms with E-state index >= 15 is 0 Å². The van der Waals surface area contributed by atoms with Crippen molar-refractivity contribution in [2.24, 2.45) is 0 Å². The third kappa shape index (κ3) is 9.85. The largest absolute Gasteiger partial charge is 0.371 e. The summed E-state index contributed by atoms with van der Waals surface area (Å²) in [5.74, 6) is 0. The Kier molecular flexibility index (Phi) is 7.43. The molecule has 9 heteroatoms. The Morgan fingerprint density at radius 2 is 1.55 bits per heavy atom. The molecule has 0 saturated carbocycles. The summed E-state index contributed by atoms with van der Waals surface area (Å²) in [4.78, 5) is 0. The topological polar surface area (TPSA) is 96.0 Å². The normalized spacial score (nSPS) is 13.9. The summed E-state index contributed by atoms with van der Waals surface area (Å²) in [6.45, 7) is -0.0400. The quantitative estimate of drug-likeness (QED) is 0.578. The zero-order valence-electron chi connectivity index (χ0n) is 12.5. The van der Waals surface area contributed by atoms with E-state index in [-0.39, 0.29) is 26.2 Å². The molecule has 0 aromatic heterocycles. The molecule has 0 saturated heterocycles. The average Bonchev–Trinajstić information content (AvgIpc) is 2.40. The fraction of sp³-hybridized carbons (Fsp3) is 0.538. The Hall–Kier alpha value is -1.00. The fourth-order valence-corrected chi connectivity index (χ4v) is 2.33. The number of benzene rings is 1. The molecule has 1 aromatic rings. The van der Waals surface area contributed by atoms with Gasteiger partial charge in [0, 0.05) is 6.42 Å². The first-order valence-electron chi connectivity index (χ1n) is 6.50. The SMILES string of the molecule is CS(=O)(=O)OCC[C@@H](COS(C)(=O)=O)OCc1ccccc1. The molecule has 0 aliphatic heterocycles. The zero-order valence-corrected chi connectivity index (χ0v) is 14.1. The summed E-state index contributed by atoms with van der Waals surface area (Å²) in [6.07, 6.45) is 1.47. The molecule has 7 nitrogen and oxygen atoms in total. The zero-order chi connectivity index (χ0) is 16.6. The lowest BCUT2D eigenvalue weighted by molar-refractivity contribution is -0.000252. The first-order chi connectivity index (χ1) is 10.2. The molecule has 0 amide bonds. The molecule has 1 aromatic carbocycles. The van der Waals surface area contributed by atoms with Crippen LogP contribution in [0.1, 0.15) is 12.0 Å². The van der Waals surface area contributed by atoms with Gasteiger partial charge in [0.1, 0.15) is 0 Å². The second-order valence-electron chi connectivity index (χ2n) is 4.72. The first kappa shape index (κ1) is 19.0. The summed E-state index contributed by atoms with van der Waals surface area (Å²) in [6, 6.07) is 9.30. The third-order valence-corrected chi connectivity index (χ3v) is 3.69. The maximum atomic E-state index is 11.0. The predicted molar refractivity (Wildman–Crippen MR) is 81.2 cm³/mol. The van der Waals surface area contributed by atoms with Gasteiger partial charge in [-0.05, 0) is 5.56 Å². The van der Waals surface area contributed by atoms with Gasteiger partial charge in [-0.3, -0.25) is 8.37 Å². The Morgan fingerprint density at radius 1 is 0.955 bits per heavy atom. The second-order valence-corrected chi connectivity index (χ2v) is 8.01. The summed E-state index contributed by atoms with van der Waals surface area (Å²) in [5, 5.41) is 0. The molecule has 0 unspecified atom stereocenters. The van der Waals surface area contributed by atoms with Crippen LogP contribution < -0.4 is 0 Å². The van der Waals surface area contributed by atoms with Crippen LogP contribution in [0, 0.1) is 0 Å². The smallest absolute Gasteiger partial charge is 0.264 e. The van der Waals surface area contributed by atoms with Crippen molar-refractivity contribution in [3.63, 3.8) is 0 Å². The number of rotatable bonds is 10. The maximum Gasteiger partial charge on any atom is 0.264 e. The van der Waals surface area contributed by atoms with Gasteiger partial charge in [0.25, 0.3) is 20.2 Å². The molecular weight excluding hydrogens is 332 g/mol. The summed E-state index contributed by atoms with van der Waals surface area (Å²) >= 11 is 0. The van der Waals surface area contributed by atoms with Crippen molar-refractivity contribution in [3.05, 3.63) is 35.9 Å². The van der Waals surface area contributed by atoms with E-state index in [4.69, 9.17) is 8.92 Å². The maximum absolute atomic E-state index is 11.0. The van der Waals surface area contributed by atoms with Crippen molar-refractivity contribution in [2.45, 2.75) is 19.1 Å². The lowest BCUT2D eigenvalue weighted by atomic mass is 10.2. The van der Waals surface area contributed by atoms with Gasteiger partial charge in [-0.15, -0.1) is 0 Å². The van der Waals surface area contributed by atoms with Crippen molar-refractivity contribution in [1.29, 1.82) is 0 Å². The molecular formula is C13H20O7S2. The second kappa shape index (κ2) is 8.59. The van der Waals surface area contributed by atoms with Gasteiger partial charge in [-0.2, -0.15) is 16.8 Å². The first-order valence-corrected chi connectivity index (χ1v) is 10.1. The Balaban J connectivity index is 2.53. The van der Waals surface area contributed by atoms with Crippen molar-refractivity contribution in [2.75, 3.05) is 25.7 Å². The van der Waals surface area contributed by atoms with Crippen molar-refractivity contribution in [1.82, 2.24) is 0 Å². The van der Waals surface area contributed by atoms with E-state index in [1.165, 1.54) is 0 Å². The van der Waals surface area contributed by atoms with E-state index in [0.29, 0.717) is 0 Å². The Morgan fingerprint density at radius 3 is 2.09 bits per heavy atom. The fourth-order valence-electron chi connectivity index (χ4n) is 1.53. The van der Waals surface area contributed by atoms with Gasteiger partial charge in [0.2, 0.25) is 0 Å². The lowest BCUT2D eigenvalue weighted by Crippen LogP contribution is -2.24. The minimum atomic E-state index is -3.59. The van der Waals surface area contributed by atoms with Crippen LogP contribution in [0.5, 0.6) is 0 Å². The molecule has 0 radical (unpaired) electrons. The summed E-state index contributed by atoms with van der Waals surface area (Å²) < 4.78 is 58.8. The molecule has 0 N–H and O–H groups in total. The number of hydrogen-bond donors (Lipinski definition) is 0. The molecule has 0 fully saturated rings. The highest BCUT2D eigenvalue weighted by molar-refractivity contribution is 7.86. The molecule has 126 valence electrons. The van der Waals surface area contributed by atoms with Crippen LogP contribution in [-0.4, -0.2) is 48.7 Å². The van der Waals surface area contributed by atoms with Crippen LogP contribution >= 0.6 is 0 Å². The molecule has 22 heavy (non-hydrogen) atoms. The van der Waals surface area contributed by atoms with E-state index in [1.54, 1.807) is 0 Å². The highest BCUT2D eigenvalue weighted by atomic mass is 32.2. The number of ether oxygens (including phenoxy) is 1. The van der Waals surface area contributed by atoms with Gasteiger partial charge in [0.05, 0.1) is 38.4 Å². The molecule has 1 rings (SSSR count). The van der Waals surface area contributed by atoms with Gasteiger partial charge >= 0.3 is 0 Å². The third-order valence-electron chi connectivity index (χ3n) is 2.53. The van der Waals surface area contributed by atoms with Crippen LogP contribution in [0.2, 0.25) is 0 Å². The standard InChI is InChI=1S/C13H20O7S2/c1-21(14,15)19-9-8-13(11-20-22(2,16)17)18-10-12-6-4-3-5-7-12/h3-7,13H,8-11H2,1-2H3/t13-/m0/s1. The van der Waals surface area contributed by atoms with E-state index in [0.717, 1.165) is 18.1 Å². The van der Waals surface area contributed by atoms with Gasteiger partial charge in [0.15, 0.2) is 0 Å². The van der Waals surface area contributed by atoms with Crippen molar-refractivity contribution < 1.29 is 29.9 Å². The monoisotopic (exact) mass is 352 g/mol. The minimum Gasteiger partial charge on any atom is -0.371 e. The number of hydrogen-bond acceptors (Lipinski definition) is 7. The Bertz CT molecular complexity index is 638. The molecule has 0 bridgehead atoms. The summed E-state index contributed by atoms with van der Waals surface area (Å²) in [5.41, 5.74) is 0.913. The minimum absolute atomic E-state index is 0.106. The van der Waals surface area contributed by atoms with Crippen LogP contribution in [0.3, 0.4) is 0 Å². The van der Waals surface area contributed by atoms with E-state index in [1.807, 2.05) is 30.3 Å². The molecule has 0 heterocycles. The molecule has 1 atom stereocenters. The lowest BCUT2D eigenvalue weighted by Gasteiger charge is -2.17. The van der Waals surface area contributed by atoms with E-state index < -0.39 is 26.3 Å². The Labute approximate surface area is 131 Å². The van der Waals surface area contributed by atoms with Crippen LogP contribution in [-0.2, 0) is 39.9 Å². The van der Waals surface area contributed by atoms with E-state index in [9.17, 15) is 16.8 Å². The van der Waals surface area contributed by atoms with Gasteiger partial charge < -0.3 is 4.74 Å². The highest BCUT2D eigenvalue weighted by Crippen LogP contribution is 2.08. The predicted octanol–water partition coefficient (Wildman–Crippen LogP) is 0.914. The van der Waals surface area contributed by atoms with Gasteiger partial charge in [-0.25, -0.2) is 0 Å². The average molecular weight is 352 g/mol. The van der Waals surface area contributed by atoms with Crippen LogP contribution in [0.25, 0.3) is 0 Å². The van der Waals surface area contributed by atoms with Crippen LogP contribution in [0.15, 0.2) is 30.3 Å². The van der Waals surface area contributed by atoms with Crippen molar-refractivity contribution in [3.8, 4) is 0 Å². The highest BCUT2D eigenvalue weighted by Gasteiger charge is 2.15. The van der Waals surface area contributed by atoms with Gasteiger partial charge in [-0.1, -0.05) is 30.3 Å². The van der Waals surface area contributed by atoms with Crippen LogP contribution in [0.4, 0.5) is 0 Å². The van der Waals surface area contributed by atoms with Crippen molar-refractivity contribution >= 4 is 20.2 Å². The summed E-state index contributed by atoms with van der Waals surface area (Å²) in [7, 11) is -7.14. The molecule has 0 spiro atoms. The molecule has 0 aliphatic rings. The molecule has 0 aliphatic carbocycles. The van der Waals surface area contributed by atoms with E-state index in [2.05, 4.69) is 4.18 Å².